The second-order valence-corrected chi connectivity index (χ2v) is 7.59. The molecule has 0 unspecified atom stereocenters. The maximum absolute atomic E-state index is 9.20. The van der Waals surface area contributed by atoms with E-state index < -0.39 is 0 Å². The Hall–Kier alpha value is -3.30. The van der Waals surface area contributed by atoms with Gasteiger partial charge < -0.3 is 19.9 Å². The van der Waals surface area contributed by atoms with Crippen molar-refractivity contribution >= 4 is 22.9 Å². The van der Waals surface area contributed by atoms with Gasteiger partial charge in [-0.3, -0.25) is 14.4 Å². The van der Waals surface area contributed by atoms with Crippen LogP contribution in [0.3, 0.4) is 0 Å². The third-order valence-electron chi connectivity index (χ3n) is 5.73. The molecule has 3 aromatic rings. The zero-order chi connectivity index (χ0) is 21.4. The van der Waals surface area contributed by atoms with Crippen molar-refractivity contribution in [2.45, 2.75) is 12.6 Å². The first kappa shape index (κ1) is 19.7. The Morgan fingerprint density at radius 1 is 1.16 bits per heavy atom. The van der Waals surface area contributed by atoms with Gasteiger partial charge in [0.25, 0.3) is 0 Å². The fourth-order valence-electron chi connectivity index (χ4n) is 4.21. The largest absolute Gasteiger partial charge is 0.497 e. The van der Waals surface area contributed by atoms with Crippen molar-refractivity contribution in [3.05, 3.63) is 48.0 Å². The number of hydrogen-bond acceptors (Lipinski definition) is 8. The number of para-hydroxylation sites is 2. The molecule has 0 saturated heterocycles. The Kier molecular flexibility index (Phi) is 5.13. The average Bonchev–Trinajstić information content (AvgIpc) is 3.22. The molecule has 2 aliphatic heterocycles. The highest BCUT2D eigenvalue weighted by molar-refractivity contribution is 5.99. The smallest absolute Gasteiger partial charge is 0.216 e. The van der Waals surface area contributed by atoms with E-state index in [1.54, 1.807) is 14.2 Å². The zero-order valence-corrected chi connectivity index (χ0v) is 17.7. The third kappa shape index (κ3) is 3.35. The van der Waals surface area contributed by atoms with Gasteiger partial charge in [0.1, 0.15) is 17.7 Å². The predicted molar refractivity (Wildman–Crippen MR) is 119 cm³/mol. The van der Waals surface area contributed by atoms with E-state index in [-0.39, 0.29) is 12.8 Å². The van der Waals surface area contributed by atoms with Gasteiger partial charge in [-0.2, -0.15) is 0 Å². The van der Waals surface area contributed by atoms with Gasteiger partial charge in [0.15, 0.2) is 0 Å². The number of benzene rings is 2. The normalized spacial score (nSPS) is 18.2. The highest BCUT2D eigenvalue weighted by Gasteiger charge is 2.36. The molecule has 1 aromatic heterocycles. The molecule has 0 amide bonds. The highest BCUT2D eigenvalue weighted by atomic mass is 16.5. The molecular weight excluding hydrogens is 396 g/mol. The minimum atomic E-state index is -0.234. The molecule has 2 aliphatic rings. The molecule has 1 atom stereocenters. The summed E-state index contributed by atoms with van der Waals surface area (Å²) in [4.78, 5) is 14.0. The van der Waals surface area contributed by atoms with Gasteiger partial charge in [-0.1, -0.05) is 12.1 Å². The number of guanidine groups is 1. The van der Waals surface area contributed by atoms with Crippen molar-refractivity contribution in [2.75, 3.05) is 45.6 Å². The van der Waals surface area contributed by atoms with Gasteiger partial charge in [0.05, 0.1) is 38.6 Å². The maximum atomic E-state index is 9.20. The van der Waals surface area contributed by atoms with Crippen molar-refractivity contribution in [2.24, 2.45) is 4.99 Å². The molecule has 2 N–H and O–H groups in total. The number of ether oxygens (including phenoxy) is 2. The van der Waals surface area contributed by atoms with Crippen molar-refractivity contribution < 1.29 is 14.6 Å². The fourth-order valence-corrected chi connectivity index (χ4v) is 4.21. The lowest BCUT2D eigenvalue weighted by atomic mass is 10.1. The minimum absolute atomic E-state index is 0.170. The number of methoxy groups -OCH3 is 2. The van der Waals surface area contributed by atoms with Crippen LogP contribution in [-0.4, -0.2) is 66.2 Å². The molecule has 9 heteroatoms. The molecule has 0 bridgehead atoms. The van der Waals surface area contributed by atoms with Gasteiger partial charge in [-0.15, -0.1) is 0 Å². The Labute approximate surface area is 180 Å². The van der Waals surface area contributed by atoms with Crippen LogP contribution in [-0.2, 0) is 0 Å². The molecule has 3 heterocycles. The Bertz CT molecular complexity index is 1130. The number of aliphatic hydroxyl groups excluding tert-OH is 1. The summed E-state index contributed by atoms with van der Waals surface area (Å²) in [5, 5.41) is 12.8. The number of anilines is 1. The lowest BCUT2D eigenvalue weighted by Gasteiger charge is -2.41. The Morgan fingerprint density at radius 3 is 2.84 bits per heavy atom. The number of aliphatic imine (C=N–C) groups is 1. The van der Waals surface area contributed by atoms with Crippen LogP contribution in [0.15, 0.2) is 47.5 Å². The molecule has 9 nitrogen and oxygen atoms in total. The molecule has 0 radical (unpaired) electrons. The van der Waals surface area contributed by atoms with Gasteiger partial charge >= 0.3 is 0 Å². The molecule has 0 saturated carbocycles. The molecule has 0 spiro atoms. The van der Waals surface area contributed by atoms with Crippen molar-refractivity contribution in [3.63, 3.8) is 0 Å². The molecule has 2 aromatic carbocycles. The maximum Gasteiger partial charge on any atom is 0.216 e. The van der Waals surface area contributed by atoms with E-state index in [4.69, 9.17) is 19.5 Å². The van der Waals surface area contributed by atoms with E-state index in [2.05, 4.69) is 25.8 Å². The second kappa shape index (κ2) is 8.09. The van der Waals surface area contributed by atoms with Gasteiger partial charge in [-0.05, 0) is 30.7 Å². The highest BCUT2D eigenvalue weighted by Crippen LogP contribution is 2.38. The van der Waals surface area contributed by atoms with Gasteiger partial charge in [0, 0.05) is 24.8 Å². The summed E-state index contributed by atoms with van der Waals surface area (Å²) in [7, 11) is 3.31. The molecule has 5 rings (SSSR count). The first-order valence-electron chi connectivity index (χ1n) is 10.3. The van der Waals surface area contributed by atoms with Crippen LogP contribution >= 0.6 is 0 Å². The summed E-state index contributed by atoms with van der Waals surface area (Å²) in [6.45, 7) is 2.18. The number of rotatable bonds is 6. The monoisotopic (exact) mass is 422 g/mol. The molecular formula is C22H26N6O3. The molecule has 162 valence electrons. The van der Waals surface area contributed by atoms with Crippen LogP contribution < -0.4 is 19.7 Å². The summed E-state index contributed by atoms with van der Waals surface area (Å²) >= 11 is 0. The standard InChI is InChI=1S/C22H26N6O3/c1-30-15-8-9-16(19(12-15)31-2)20-25-21-23-13-26(10-5-11-29)14-27(21)22-24-17-6-3-4-7-18(17)28(20)22/h3-4,6-9,12,20,29H,5,10-11,13-14H2,1-2H3,(H,23,25)/t20-/m0/s1. The lowest BCUT2D eigenvalue weighted by molar-refractivity contribution is 0.223. The van der Waals surface area contributed by atoms with Gasteiger partial charge in [0.2, 0.25) is 11.9 Å². The first-order valence-corrected chi connectivity index (χ1v) is 10.3. The van der Waals surface area contributed by atoms with E-state index in [9.17, 15) is 5.11 Å². The summed E-state index contributed by atoms with van der Waals surface area (Å²) in [5.74, 6) is 3.08. The van der Waals surface area contributed by atoms with E-state index in [0.717, 1.165) is 46.5 Å². The van der Waals surface area contributed by atoms with Crippen molar-refractivity contribution in [3.8, 4) is 11.5 Å². The minimum Gasteiger partial charge on any atom is -0.497 e. The van der Waals surface area contributed by atoms with Crippen LogP contribution in [0.5, 0.6) is 11.5 Å². The number of aliphatic hydroxyl groups is 1. The quantitative estimate of drug-likeness (QED) is 0.628. The summed E-state index contributed by atoms with van der Waals surface area (Å²) in [6, 6.07) is 14.0. The number of nitrogens with zero attached hydrogens (tertiary/aromatic N) is 5. The average molecular weight is 422 g/mol. The zero-order valence-electron chi connectivity index (χ0n) is 17.7. The molecule has 31 heavy (non-hydrogen) atoms. The number of aromatic nitrogens is 2. The fraction of sp³-hybridized carbons (Fsp3) is 0.364. The van der Waals surface area contributed by atoms with Gasteiger partial charge in [-0.25, -0.2) is 9.98 Å². The number of imidazole rings is 1. The predicted octanol–water partition coefficient (Wildman–Crippen LogP) is 1.98. The summed E-state index contributed by atoms with van der Waals surface area (Å²) in [5.41, 5.74) is 2.92. The lowest BCUT2D eigenvalue weighted by Crippen LogP contribution is -2.57. The number of fused-ring (bicyclic) bond motifs is 5. The second-order valence-electron chi connectivity index (χ2n) is 7.59. The third-order valence-corrected chi connectivity index (χ3v) is 5.73. The topological polar surface area (TPSA) is 87.4 Å². The van der Waals surface area contributed by atoms with Crippen LogP contribution in [0.1, 0.15) is 18.2 Å². The molecule has 0 aliphatic carbocycles. The number of hydrogen-bond donors (Lipinski definition) is 2. The van der Waals surface area contributed by atoms with Crippen molar-refractivity contribution in [1.82, 2.24) is 19.8 Å². The SMILES string of the molecule is COc1ccc([C@H]2NC3=NCN(CCCO)CN3c3nc4ccccc4n32)c(OC)c1. The number of nitrogens with one attached hydrogen (secondary N) is 1. The van der Waals surface area contributed by atoms with Crippen molar-refractivity contribution in [1.29, 1.82) is 0 Å². The van der Waals surface area contributed by atoms with Crippen LogP contribution in [0.25, 0.3) is 11.0 Å². The summed E-state index contributed by atoms with van der Waals surface area (Å²) < 4.78 is 13.3. The van der Waals surface area contributed by atoms with E-state index in [1.807, 2.05) is 36.4 Å². The summed E-state index contributed by atoms with van der Waals surface area (Å²) in [6.07, 6.45) is 0.482. The van der Waals surface area contributed by atoms with E-state index in [0.29, 0.717) is 19.8 Å². The Balaban J connectivity index is 1.63. The van der Waals surface area contributed by atoms with Crippen LogP contribution in [0.2, 0.25) is 0 Å². The van der Waals surface area contributed by atoms with E-state index in [1.165, 1.54) is 0 Å². The molecule has 0 fully saturated rings. The van der Waals surface area contributed by atoms with Crippen LogP contribution in [0.4, 0.5) is 5.95 Å². The Morgan fingerprint density at radius 2 is 2.03 bits per heavy atom. The van der Waals surface area contributed by atoms with E-state index >= 15 is 0 Å². The van der Waals surface area contributed by atoms with Crippen LogP contribution in [0, 0.1) is 0 Å². The first-order chi connectivity index (χ1) is 15.2.